The predicted octanol–water partition coefficient (Wildman–Crippen LogP) is 18.1. The van der Waals surface area contributed by atoms with Gasteiger partial charge >= 0.3 is 0 Å². The number of para-hydroxylation sites is 2. The minimum absolute atomic E-state index is 0.00768. The fourth-order valence-corrected chi connectivity index (χ4v) is 9.92. The van der Waals surface area contributed by atoms with Gasteiger partial charge in [-0.05, 0) is 145 Å². The summed E-state index contributed by atoms with van der Waals surface area (Å²) in [6, 6.07) is 47.6. The van der Waals surface area contributed by atoms with Crippen LogP contribution in [0.4, 0.5) is 22.7 Å². The fourth-order valence-electron chi connectivity index (χ4n) is 9.92. The Morgan fingerprint density at radius 1 is 0.485 bits per heavy atom. The zero-order chi connectivity index (χ0) is 48.6. The molecular formula is C63H72N4O. The second kappa shape index (κ2) is 17.3. The third-order valence-corrected chi connectivity index (χ3v) is 14.1. The maximum absolute atomic E-state index is 7.04. The molecule has 1 aliphatic rings. The number of hydrogen-bond donors (Lipinski definition) is 0. The van der Waals surface area contributed by atoms with E-state index < -0.39 is 0 Å². The van der Waals surface area contributed by atoms with Crippen LogP contribution in [0.2, 0.25) is 0 Å². The highest BCUT2D eigenvalue weighted by atomic mass is 16.5. The number of anilines is 4. The molecular weight excluding hydrogens is 829 g/mol. The van der Waals surface area contributed by atoms with Gasteiger partial charge in [0, 0.05) is 40.5 Å². The summed E-state index contributed by atoms with van der Waals surface area (Å²) in [5, 5.41) is 2.37. The summed E-state index contributed by atoms with van der Waals surface area (Å²) in [7, 11) is 0. The summed E-state index contributed by atoms with van der Waals surface area (Å²) >= 11 is 0. The van der Waals surface area contributed by atoms with Crippen LogP contribution >= 0.6 is 0 Å². The van der Waals surface area contributed by atoms with Crippen molar-refractivity contribution in [3.63, 3.8) is 0 Å². The highest BCUT2D eigenvalue weighted by Gasteiger charge is 2.30. The van der Waals surface area contributed by atoms with Crippen molar-refractivity contribution in [1.29, 1.82) is 0 Å². The van der Waals surface area contributed by atoms with Gasteiger partial charge in [-0.1, -0.05) is 152 Å². The number of benzene rings is 6. The topological polar surface area (TPSA) is 33.5 Å². The highest BCUT2D eigenvalue weighted by molar-refractivity contribution is 6.09. The molecule has 350 valence electrons. The molecule has 5 heteroatoms. The molecule has 0 bridgehead atoms. The van der Waals surface area contributed by atoms with Gasteiger partial charge in [0.05, 0.1) is 22.4 Å². The van der Waals surface area contributed by atoms with Crippen molar-refractivity contribution in [2.75, 3.05) is 16.5 Å². The molecule has 6 aromatic carbocycles. The van der Waals surface area contributed by atoms with Crippen LogP contribution in [0.15, 0.2) is 134 Å². The number of nitrogens with zero attached hydrogens (tertiary/aromatic N) is 4. The van der Waals surface area contributed by atoms with Crippen LogP contribution in [0.25, 0.3) is 38.8 Å². The molecule has 0 atom stereocenters. The molecule has 0 saturated carbocycles. The first kappa shape index (κ1) is 46.8. The lowest BCUT2D eigenvalue weighted by Gasteiger charge is -2.27. The first-order chi connectivity index (χ1) is 32.1. The normalized spacial score (nSPS) is 13.5. The first-order valence-electron chi connectivity index (χ1n) is 24.9. The Morgan fingerprint density at radius 3 is 1.68 bits per heavy atom. The van der Waals surface area contributed by atoms with E-state index >= 15 is 0 Å². The van der Waals surface area contributed by atoms with E-state index in [9.17, 15) is 0 Å². The van der Waals surface area contributed by atoms with E-state index in [1.165, 1.54) is 72.3 Å². The third kappa shape index (κ3) is 8.81. The predicted molar refractivity (Wildman–Crippen MR) is 291 cm³/mol. The number of rotatable bonds is 9. The van der Waals surface area contributed by atoms with Gasteiger partial charge in [0.15, 0.2) is 0 Å². The van der Waals surface area contributed by atoms with E-state index in [0.717, 1.165) is 34.0 Å². The number of pyridine rings is 1. The molecule has 0 saturated heterocycles. The first-order valence-corrected chi connectivity index (χ1v) is 24.9. The van der Waals surface area contributed by atoms with E-state index in [4.69, 9.17) is 9.72 Å². The molecule has 8 aromatic rings. The van der Waals surface area contributed by atoms with E-state index in [0.29, 0.717) is 24.4 Å². The van der Waals surface area contributed by atoms with Crippen LogP contribution < -0.4 is 14.5 Å². The Morgan fingerprint density at radius 2 is 1.07 bits per heavy atom. The lowest BCUT2D eigenvalue weighted by Crippen LogP contribution is -2.24. The molecule has 3 heterocycles. The van der Waals surface area contributed by atoms with Crippen LogP contribution in [-0.4, -0.2) is 16.2 Å². The number of aromatic nitrogens is 2. The van der Waals surface area contributed by atoms with Gasteiger partial charge in [-0.25, -0.2) is 4.98 Å². The van der Waals surface area contributed by atoms with Crippen molar-refractivity contribution in [1.82, 2.24) is 9.55 Å². The number of hydrogen-bond acceptors (Lipinski definition) is 4. The third-order valence-electron chi connectivity index (χ3n) is 14.1. The van der Waals surface area contributed by atoms with Crippen molar-refractivity contribution < 1.29 is 4.74 Å². The molecule has 0 fully saturated rings. The lowest BCUT2D eigenvalue weighted by atomic mass is 9.81. The molecule has 0 unspecified atom stereocenters. The maximum Gasteiger partial charge on any atom is 0.137 e. The van der Waals surface area contributed by atoms with Crippen molar-refractivity contribution in [2.24, 2.45) is 0 Å². The quantitative estimate of drug-likeness (QED) is 0.145. The summed E-state index contributed by atoms with van der Waals surface area (Å²) < 4.78 is 9.37. The van der Waals surface area contributed by atoms with Gasteiger partial charge in [0.2, 0.25) is 0 Å². The number of ether oxygens (including phenoxy) is 1. The molecule has 5 nitrogen and oxygen atoms in total. The van der Waals surface area contributed by atoms with Crippen molar-refractivity contribution >= 4 is 44.6 Å². The van der Waals surface area contributed by atoms with Gasteiger partial charge in [-0.15, -0.1) is 0 Å². The van der Waals surface area contributed by atoms with Crippen LogP contribution in [0.1, 0.15) is 155 Å². The van der Waals surface area contributed by atoms with Gasteiger partial charge in [-0.3, -0.25) is 4.57 Å². The molecule has 0 amide bonds. The van der Waals surface area contributed by atoms with Gasteiger partial charge in [0.25, 0.3) is 0 Å². The molecule has 2 aromatic heterocycles. The van der Waals surface area contributed by atoms with Crippen molar-refractivity contribution in [3.05, 3.63) is 167 Å². The molecule has 0 radical (unpaired) electrons. The SMILES string of the molecule is CC(C)c1cc(C(C)C)c(-c2cccc(N3CN(c4cc(Oc5ccc6c7ccc(C(C)(C)C)cc7n(-c7cc(C(C)(C)C)ccn7)c6c5)cc(C(C)(C)C)c4)c4ccccc43)c2)c(C(C)C)c1. The molecule has 0 aliphatic carbocycles. The van der Waals surface area contributed by atoms with E-state index in [1.807, 2.05) is 6.20 Å². The monoisotopic (exact) mass is 901 g/mol. The van der Waals surface area contributed by atoms with Crippen LogP contribution in [0.3, 0.4) is 0 Å². The average molecular weight is 901 g/mol. The second-order valence-electron chi connectivity index (χ2n) is 23.3. The van der Waals surface area contributed by atoms with Gasteiger partial charge in [0.1, 0.15) is 24.0 Å². The standard InChI is InChI=1S/C63H72N4O/c1-39(2)43-30-53(40(3)4)60(54(31-43)41(5)6)42-19-18-20-47(29-42)65-38-66(56-22-17-16-21-55(56)65)48-32-46(63(13,14)15)33-50(36-48)68-49-24-26-52-51-25-23-44(61(7,8)9)34-57(51)67(58(52)37-49)59-35-45(27-28-64-59)62(10,11)12/h16-37,39-41H,38H2,1-15H3. The Hall–Kier alpha value is -6.33. The van der Waals surface area contributed by atoms with Crippen LogP contribution in [-0.2, 0) is 16.2 Å². The minimum atomic E-state index is -0.125. The summed E-state index contributed by atoms with van der Waals surface area (Å²) in [4.78, 5) is 9.92. The Kier molecular flexibility index (Phi) is 11.9. The zero-order valence-electron chi connectivity index (χ0n) is 43.3. The second-order valence-corrected chi connectivity index (χ2v) is 23.3. The van der Waals surface area contributed by atoms with Crippen molar-refractivity contribution in [2.45, 2.75) is 138 Å². The van der Waals surface area contributed by atoms with Crippen LogP contribution in [0, 0.1) is 0 Å². The Bertz CT molecular complexity index is 3150. The minimum Gasteiger partial charge on any atom is -0.457 e. The maximum atomic E-state index is 7.04. The number of fused-ring (bicyclic) bond motifs is 4. The zero-order valence-corrected chi connectivity index (χ0v) is 43.3. The molecule has 68 heavy (non-hydrogen) atoms. The smallest absolute Gasteiger partial charge is 0.137 e. The Balaban J connectivity index is 1.13. The van der Waals surface area contributed by atoms with Gasteiger partial charge < -0.3 is 14.5 Å². The Labute approximate surface area is 406 Å². The largest absolute Gasteiger partial charge is 0.457 e. The van der Waals surface area contributed by atoms with E-state index in [1.54, 1.807) is 0 Å². The highest BCUT2D eigenvalue weighted by Crippen LogP contribution is 2.48. The van der Waals surface area contributed by atoms with Crippen LogP contribution in [0.5, 0.6) is 11.5 Å². The van der Waals surface area contributed by atoms with E-state index in [2.05, 4.69) is 246 Å². The average Bonchev–Trinajstić information content (AvgIpc) is 3.83. The summed E-state index contributed by atoms with van der Waals surface area (Å²) in [6.45, 7) is 35.1. The summed E-state index contributed by atoms with van der Waals surface area (Å²) in [5.41, 5.74) is 17.4. The lowest BCUT2D eigenvalue weighted by molar-refractivity contribution is 0.479. The summed E-state index contributed by atoms with van der Waals surface area (Å²) in [6.07, 6.45) is 1.95. The molecule has 0 N–H and O–H groups in total. The molecule has 0 spiro atoms. The van der Waals surface area contributed by atoms with Crippen molar-refractivity contribution in [3.8, 4) is 28.4 Å². The molecule has 9 rings (SSSR count). The fraction of sp³-hybridized carbons (Fsp3) is 0.349. The van der Waals surface area contributed by atoms with E-state index in [-0.39, 0.29) is 16.2 Å². The van der Waals surface area contributed by atoms with Gasteiger partial charge in [-0.2, -0.15) is 0 Å². The molecule has 1 aliphatic heterocycles. The summed E-state index contributed by atoms with van der Waals surface area (Å²) in [5.74, 6) is 3.77.